The molecule has 6 heteroatoms. The SMILES string of the molecule is COc1ccc(CN[C@@H](C(=O)O)c2ccccc2)cc1OCCCC#N. The summed E-state index contributed by atoms with van der Waals surface area (Å²) in [5.41, 5.74) is 1.57. The number of nitrogens with one attached hydrogen (secondary N) is 1. The molecule has 2 aromatic rings. The van der Waals surface area contributed by atoms with Crippen LogP contribution in [0.2, 0.25) is 0 Å². The van der Waals surface area contributed by atoms with Crippen molar-refractivity contribution >= 4 is 5.97 Å². The summed E-state index contributed by atoms with van der Waals surface area (Å²) in [4.78, 5) is 11.6. The van der Waals surface area contributed by atoms with Crippen molar-refractivity contribution in [3.05, 3.63) is 59.7 Å². The monoisotopic (exact) mass is 354 g/mol. The van der Waals surface area contributed by atoms with Gasteiger partial charge in [-0.1, -0.05) is 36.4 Å². The van der Waals surface area contributed by atoms with E-state index in [0.29, 0.717) is 43.1 Å². The molecule has 0 bridgehead atoms. The van der Waals surface area contributed by atoms with Crippen LogP contribution in [0, 0.1) is 11.3 Å². The molecule has 0 aliphatic rings. The summed E-state index contributed by atoms with van der Waals surface area (Å²) in [6.07, 6.45) is 1.07. The molecule has 0 radical (unpaired) electrons. The van der Waals surface area contributed by atoms with Gasteiger partial charge in [-0.25, -0.2) is 0 Å². The lowest BCUT2D eigenvalue weighted by molar-refractivity contribution is -0.139. The molecular weight excluding hydrogens is 332 g/mol. The van der Waals surface area contributed by atoms with Gasteiger partial charge in [-0.3, -0.25) is 10.1 Å². The van der Waals surface area contributed by atoms with Gasteiger partial charge in [0.2, 0.25) is 0 Å². The summed E-state index contributed by atoms with van der Waals surface area (Å²) in [6.45, 7) is 0.785. The summed E-state index contributed by atoms with van der Waals surface area (Å²) >= 11 is 0. The van der Waals surface area contributed by atoms with Gasteiger partial charge < -0.3 is 14.6 Å². The van der Waals surface area contributed by atoms with Crippen molar-refractivity contribution in [2.45, 2.75) is 25.4 Å². The Balaban J connectivity index is 2.06. The number of unbranched alkanes of at least 4 members (excludes halogenated alkanes) is 1. The van der Waals surface area contributed by atoms with Gasteiger partial charge in [0.15, 0.2) is 11.5 Å². The lowest BCUT2D eigenvalue weighted by Crippen LogP contribution is -2.28. The first kappa shape index (κ1) is 19.3. The minimum atomic E-state index is -0.933. The second kappa shape index (κ2) is 10.1. The Hall–Kier alpha value is -3.04. The molecule has 0 amide bonds. The van der Waals surface area contributed by atoms with Crippen molar-refractivity contribution in [2.75, 3.05) is 13.7 Å². The third-order valence-corrected chi connectivity index (χ3v) is 3.81. The molecule has 2 N–H and O–H groups in total. The van der Waals surface area contributed by atoms with Crippen molar-refractivity contribution in [3.63, 3.8) is 0 Å². The van der Waals surface area contributed by atoms with Crippen LogP contribution in [0.1, 0.15) is 30.0 Å². The van der Waals surface area contributed by atoms with Crippen molar-refractivity contribution in [1.29, 1.82) is 5.26 Å². The second-order valence-corrected chi connectivity index (χ2v) is 5.66. The fourth-order valence-corrected chi connectivity index (χ4v) is 2.49. The first-order valence-corrected chi connectivity index (χ1v) is 8.33. The average Bonchev–Trinajstić information content (AvgIpc) is 2.66. The van der Waals surface area contributed by atoms with E-state index in [1.165, 1.54) is 0 Å². The summed E-state index contributed by atoms with van der Waals surface area (Å²) in [5, 5.41) is 21.1. The maximum Gasteiger partial charge on any atom is 0.325 e. The minimum Gasteiger partial charge on any atom is -0.493 e. The number of hydrogen-bond acceptors (Lipinski definition) is 5. The van der Waals surface area contributed by atoms with Crippen LogP contribution in [-0.2, 0) is 11.3 Å². The first-order valence-electron chi connectivity index (χ1n) is 8.33. The molecular formula is C20H22N2O4. The highest BCUT2D eigenvalue weighted by atomic mass is 16.5. The predicted molar refractivity (Wildman–Crippen MR) is 97.0 cm³/mol. The Kier molecular flexibility index (Phi) is 7.47. The number of hydrogen-bond donors (Lipinski definition) is 2. The van der Waals surface area contributed by atoms with Gasteiger partial charge in [-0.05, 0) is 29.7 Å². The Labute approximate surface area is 153 Å². The van der Waals surface area contributed by atoms with Gasteiger partial charge in [-0.2, -0.15) is 5.26 Å². The summed E-state index contributed by atoms with van der Waals surface area (Å²) in [6, 6.07) is 15.8. The van der Waals surface area contributed by atoms with Crippen LogP contribution in [0.15, 0.2) is 48.5 Å². The van der Waals surface area contributed by atoms with E-state index in [4.69, 9.17) is 14.7 Å². The fraction of sp³-hybridized carbons (Fsp3) is 0.300. The minimum absolute atomic E-state index is 0.365. The van der Waals surface area contributed by atoms with Crippen LogP contribution >= 0.6 is 0 Å². The van der Waals surface area contributed by atoms with Gasteiger partial charge in [-0.15, -0.1) is 0 Å². The summed E-state index contributed by atoms with van der Waals surface area (Å²) < 4.78 is 11.0. The van der Waals surface area contributed by atoms with Crippen molar-refractivity contribution in [2.24, 2.45) is 0 Å². The maximum absolute atomic E-state index is 11.6. The molecule has 0 fully saturated rings. The van der Waals surface area contributed by atoms with E-state index in [9.17, 15) is 9.90 Å². The number of nitrogens with zero attached hydrogens (tertiary/aromatic N) is 1. The largest absolute Gasteiger partial charge is 0.493 e. The fourth-order valence-electron chi connectivity index (χ4n) is 2.49. The lowest BCUT2D eigenvalue weighted by atomic mass is 10.1. The van der Waals surface area contributed by atoms with Crippen LogP contribution in [-0.4, -0.2) is 24.8 Å². The summed E-state index contributed by atoms with van der Waals surface area (Å²) in [7, 11) is 1.56. The molecule has 136 valence electrons. The molecule has 0 aliphatic carbocycles. The smallest absolute Gasteiger partial charge is 0.325 e. The van der Waals surface area contributed by atoms with Gasteiger partial charge in [0, 0.05) is 13.0 Å². The molecule has 2 aromatic carbocycles. The molecule has 0 unspecified atom stereocenters. The van der Waals surface area contributed by atoms with Crippen LogP contribution in [0.5, 0.6) is 11.5 Å². The highest BCUT2D eigenvalue weighted by molar-refractivity contribution is 5.75. The predicted octanol–water partition coefficient (Wildman–Crippen LogP) is 3.29. The number of carbonyl (C=O) groups is 1. The molecule has 0 heterocycles. The summed E-state index contributed by atoms with van der Waals surface area (Å²) in [5.74, 6) is 0.248. The Morgan fingerprint density at radius 2 is 2.00 bits per heavy atom. The molecule has 0 spiro atoms. The zero-order chi connectivity index (χ0) is 18.8. The molecule has 26 heavy (non-hydrogen) atoms. The first-order chi connectivity index (χ1) is 12.7. The molecule has 6 nitrogen and oxygen atoms in total. The molecule has 0 aromatic heterocycles. The van der Waals surface area contributed by atoms with E-state index in [2.05, 4.69) is 11.4 Å². The number of benzene rings is 2. The van der Waals surface area contributed by atoms with E-state index in [1.54, 1.807) is 25.3 Å². The van der Waals surface area contributed by atoms with Crippen molar-refractivity contribution < 1.29 is 19.4 Å². The van der Waals surface area contributed by atoms with Gasteiger partial charge in [0.25, 0.3) is 0 Å². The third-order valence-electron chi connectivity index (χ3n) is 3.81. The quantitative estimate of drug-likeness (QED) is 0.636. The lowest BCUT2D eigenvalue weighted by Gasteiger charge is -2.16. The maximum atomic E-state index is 11.6. The van der Waals surface area contributed by atoms with E-state index >= 15 is 0 Å². The Morgan fingerprint density at radius 1 is 1.23 bits per heavy atom. The number of nitriles is 1. The van der Waals surface area contributed by atoms with E-state index in [-0.39, 0.29) is 0 Å². The highest BCUT2D eigenvalue weighted by Crippen LogP contribution is 2.28. The normalized spacial score (nSPS) is 11.4. The molecule has 0 saturated carbocycles. The number of ether oxygens (including phenoxy) is 2. The topological polar surface area (TPSA) is 91.6 Å². The van der Waals surface area contributed by atoms with E-state index in [0.717, 1.165) is 5.56 Å². The van der Waals surface area contributed by atoms with Crippen LogP contribution in [0.4, 0.5) is 0 Å². The zero-order valence-electron chi connectivity index (χ0n) is 14.6. The number of carboxylic acid groups (broad SMARTS) is 1. The zero-order valence-corrected chi connectivity index (χ0v) is 14.6. The number of aliphatic carboxylic acids is 1. The van der Waals surface area contributed by atoms with Gasteiger partial charge in [0.1, 0.15) is 6.04 Å². The number of carboxylic acids is 1. The number of methoxy groups -OCH3 is 1. The molecule has 0 aliphatic heterocycles. The van der Waals surface area contributed by atoms with Crippen LogP contribution in [0.25, 0.3) is 0 Å². The van der Waals surface area contributed by atoms with Crippen LogP contribution < -0.4 is 14.8 Å². The average molecular weight is 354 g/mol. The van der Waals surface area contributed by atoms with E-state index < -0.39 is 12.0 Å². The second-order valence-electron chi connectivity index (χ2n) is 5.66. The van der Waals surface area contributed by atoms with Crippen molar-refractivity contribution in [3.8, 4) is 17.6 Å². The Morgan fingerprint density at radius 3 is 2.65 bits per heavy atom. The van der Waals surface area contributed by atoms with Crippen LogP contribution in [0.3, 0.4) is 0 Å². The molecule has 2 rings (SSSR count). The molecule has 1 atom stereocenters. The third kappa shape index (κ3) is 5.50. The highest BCUT2D eigenvalue weighted by Gasteiger charge is 2.19. The van der Waals surface area contributed by atoms with Gasteiger partial charge in [0.05, 0.1) is 19.8 Å². The Bertz CT molecular complexity index is 756. The van der Waals surface area contributed by atoms with Crippen molar-refractivity contribution in [1.82, 2.24) is 5.32 Å². The number of rotatable bonds is 10. The standard InChI is InChI=1S/C20H22N2O4/c1-25-17-10-9-15(13-18(17)26-12-6-5-11-21)14-22-19(20(23)24)16-7-3-2-4-8-16/h2-4,7-10,13,19,22H,5-6,12,14H2,1H3,(H,23,24)/t19-/m1/s1. The van der Waals surface area contributed by atoms with E-state index in [1.807, 2.05) is 30.3 Å². The molecule has 0 saturated heterocycles. The van der Waals surface area contributed by atoms with Gasteiger partial charge >= 0.3 is 5.97 Å².